The van der Waals surface area contributed by atoms with E-state index in [0.29, 0.717) is 36.0 Å². The number of benzene rings is 1. The zero-order valence-electron chi connectivity index (χ0n) is 16.6. The molecular formula is C21H20N6O3S. The molecule has 3 aromatic rings. The topological polar surface area (TPSA) is 101 Å². The summed E-state index contributed by atoms with van der Waals surface area (Å²) >= 11 is 1.45. The molecule has 1 aromatic carbocycles. The SMILES string of the molecule is O=C1CSC=C(c2ccc(C(=O)Nc3cc(N4CCOCC4)n4nccc4n3)cc2)N1. The van der Waals surface area contributed by atoms with E-state index in [1.165, 1.54) is 11.8 Å². The molecule has 1 fully saturated rings. The second kappa shape index (κ2) is 8.40. The van der Waals surface area contributed by atoms with Crippen molar-refractivity contribution in [3.05, 3.63) is 59.1 Å². The Balaban J connectivity index is 1.36. The van der Waals surface area contributed by atoms with Crippen LogP contribution in [-0.2, 0) is 9.53 Å². The van der Waals surface area contributed by atoms with E-state index in [1.807, 2.05) is 23.6 Å². The lowest BCUT2D eigenvalue weighted by molar-refractivity contribution is -0.117. The van der Waals surface area contributed by atoms with Crippen molar-refractivity contribution in [1.29, 1.82) is 0 Å². The maximum Gasteiger partial charge on any atom is 0.256 e. The lowest BCUT2D eigenvalue weighted by atomic mass is 10.1. The predicted molar refractivity (Wildman–Crippen MR) is 119 cm³/mol. The molecule has 5 rings (SSSR count). The third-order valence-electron chi connectivity index (χ3n) is 5.07. The van der Waals surface area contributed by atoms with Gasteiger partial charge in [0.15, 0.2) is 5.65 Å². The number of carbonyl (C=O) groups excluding carboxylic acids is 2. The average molecular weight is 436 g/mol. The van der Waals surface area contributed by atoms with Gasteiger partial charge in [0.05, 0.1) is 30.9 Å². The molecule has 0 atom stereocenters. The molecule has 158 valence electrons. The maximum absolute atomic E-state index is 12.8. The Morgan fingerprint density at radius 2 is 1.97 bits per heavy atom. The molecule has 0 spiro atoms. The van der Waals surface area contributed by atoms with E-state index in [4.69, 9.17) is 4.74 Å². The Morgan fingerprint density at radius 1 is 1.16 bits per heavy atom. The van der Waals surface area contributed by atoms with Crippen LogP contribution >= 0.6 is 11.8 Å². The Morgan fingerprint density at radius 3 is 2.74 bits per heavy atom. The van der Waals surface area contributed by atoms with Gasteiger partial charge < -0.3 is 20.3 Å². The summed E-state index contributed by atoms with van der Waals surface area (Å²) in [5.74, 6) is 1.46. The first-order valence-corrected chi connectivity index (χ1v) is 10.9. The minimum absolute atomic E-state index is 0.0262. The Labute approximate surface area is 182 Å². The van der Waals surface area contributed by atoms with Crippen LogP contribution < -0.4 is 15.5 Å². The number of fused-ring (bicyclic) bond motifs is 1. The van der Waals surface area contributed by atoms with Crippen molar-refractivity contribution in [3.8, 4) is 0 Å². The van der Waals surface area contributed by atoms with Gasteiger partial charge in [0.1, 0.15) is 11.6 Å². The summed E-state index contributed by atoms with van der Waals surface area (Å²) in [7, 11) is 0. The second-order valence-corrected chi connectivity index (χ2v) is 7.98. The number of nitrogens with zero attached hydrogens (tertiary/aromatic N) is 4. The van der Waals surface area contributed by atoms with Crippen LogP contribution in [0.5, 0.6) is 0 Å². The van der Waals surface area contributed by atoms with E-state index in [-0.39, 0.29) is 11.8 Å². The number of carbonyl (C=O) groups is 2. The van der Waals surface area contributed by atoms with E-state index < -0.39 is 0 Å². The third-order valence-corrected chi connectivity index (χ3v) is 5.90. The van der Waals surface area contributed by atoms with Gasteiger partial charge in [-0.25, -0.2) is 4.98 Å². The fraction of sp³-hybridized carbons (Fsp3) is 0.238. The number of ether oxygens (including phenoxy) is 1. The lowest BCUT2D eigenvalue weighted by Gasteiger charge is -2.29. The number of hydrogen-bond acceptors (Lipinski definition) is 7. The van der Waals surface area contributed by atoms with Gasteiger partial charge in [-0.15, -0.1) is 11.8 Å². The minimum Gasteiger partial charge on any atom is -0.378 e. The minimum atomic E-state index is -0.258. The van der Waals surface area contributed by atoms with E-state index in [9.17, 15) is 9.59 Å². The zero-order valence-corrected chi connectivity index (χ0v) is 17.4. The number of anilines is 2. The maximum atomic E-state index is 12.8. The molecule has 0 aliphatic carbocycles. The van der Waals surface area contributed by atoms with Gasteiger partial charge in [0.2, 0.25) is 5.91 Å². The summed E-state index contributed by atoms with van der Waals surface area (Å²) in [5.41, 5.74) is 2.76. The highest BCUT2D eigenvalue weighted by Crippen LogP contribution is 2.23. The van der Waals surface area contributed by atoms with Crippen LogP contribution in [0, 0.1) is 0 Å². The van der Waals surface area contributed by atoms with Gasteiger partial charge in [0, 0.05) is 30.8 Å². The molecule has 1 saturated heterocycles. The molecule has 2 N–H and O–H groups in total. The van der Waals surface area contributed by atoms with Crippen LogP contribution in [0.1, 0.15) is 15.9 Å². The number of aromatic nitrogens is 3. The molecule has 0 bridgehead atoms. The van der Waals surface area contributed by atoms with Crippen molar-refractivity contribution in [2.75, 3.05) is 42.3 Å². The zero-order chi connectivity index (χ0) is 21.2. The second-order valence-electron chi connectivity index (χ2n) is 7.12. The lowest BCUT2D eigenvalue weighted by Crippen LogP contribution is -2.37. The highest BCUT2D eigenvalue weighted by atomic mass is 32.2. The average Bonchev–Trinajstić information content (AvgIpc) is 3.28. The van der Waals surface area contributed by atoms with Crippen molar-refractivity contribution in [1.82, 2.24) is 19.9 Å². The molecule has 0 radical (unpaired) electrons. The van der Waals surface area contributed by atoms with Gasteiger partial charge in [-0.2, -0.15) is 9.61 Å². The van der Waals surface area contributed by atoms with Gasteiger partial charge in [-0.3, -0.25) is 9.59 Å². The summed E-state index contributed by atoms with van der Waals surface area (Å²) in [6, 6.07) is 10.7. The van der Waals surface area contributed by atoms with E-state index >= 15 is 0 Å². The van der Waals surface area contributed by atoms with Gasteiger partial charge in [-0.05, 0) is 23.1 Å². The van der Waals surface area contributed by atoms with Crippen molar-refractivity contribution in [2.45, 2.75) is 0 Å². The number of nitrogens with one attached hydrogen (secondary N) is 2. The van der Waals surface area contributed by atoms with Crippen molar-refractivity contribution < 1.29 is 14.3 Å². The van der Waals surface area contributed by atoms with Crippen molar-refractivity contribution in [2.24, 2.45) is 0 Å². The van der Waals surface area contributed by atoms with Crippen LogP contribution in [0.2, 0.25) is 0 Å². The molecule has 2 aliphatic rings. The van der Waals surface area contributed by atoms with E-state index in [1.54, 1.807) is 28.9 Å². The molecule has 0 unspecified atom stereocenters. The summed E-state index contributed by atoms with van der Waals surface area (Å²) in [6.45, 7) is 2.79. The number of morpholine rings is 1. The van der Waals surface area contributed by atoms with Crippen LogP contribution in [0.3, 0.4) is 0 Å². The molecule has 2 amide bonds. The molecule has 2 aromatic heterocycles. The first-order chi connectivity index (χ1) is 15.2. The molecule has 10 heteroatoms. The summed E-state index contributed by atoms with van der Waals surface area (Å²) in [5, 5.41) is 12.0. The Kier molecular flexibility index (Phi) is 5.31. The standard InChI is InChI=1S/C21H20N6O3S/c28-19-13-31-12-16(23-19)14-1-3-15(4-2-14)21(29)25-17-11-20(26-7-9-30-10-8-26)27-18(24-17)5-6-22-27/h1-6,11-12H,7-10,13H2,(H,23,28)(H,24,25,29). The summed E-state index contributed by atoms with van der Waals surface area (Å²) < 4.78 is 7.21. The largest absolute Gasteiger partial charge is 0.378 e. The quantitative estimate of drug-likeness (QED) is 0.645. The first kappa shape index (κ1) is 19.6. The van der Waals surface area contributed by atoms with Crippen LogP contribution in [0.15, 0.2) is 48.0 Å². The summed E-state index contributed by atoms with van der Waals surface area (Å²) in [4.78, 5) is 31.1. The van der Waals surface area contributed by atoms with Crippen LogP contribution in [0.25, 0.3) is 11.3 Å². The third kappa shape index (κ3) is 4.12. The van der Waals surface area contributed by atoms with Gasteiger partial charge in [0.25, 0.3) is 5.91 Å². The Bertz CT molecular complexity index is 1170. The Hall–Kier alpha value is -3.37. The fourth-order valence-corrected chi connectivity index (χ4v) is 4.19. The normalized spacial score (nSPS) is 16.7. The van der Waals surface area contributed by atoms with E-state index in [0.717, 1.165) is 30.2 Å². The number of hydrogen-bond donors (Lipinski definition) is 2. The number of amides is 2. The summed E-state index contributed by atoms with van der Waals surface area (Å²) in [6.07, 6.45) is 1.69. The number of rotatable bonds is 4. The molecule has 9 nitrogen and oxygen atoms in total. The fourth-order valence-electron chi connectivity index (χ4n) is 3.52. The smallest absolute Gasteiger partial charge is 0.256 e. The monoisotopic (exact) mass is 436 g/mol. The number of thioether (sulfide) groups is 1. The highest BCUT2D eigenvalue weighted by molar-refractivity contribution is 8.03. The van der Waals surface area contributed by atoms with E-state index in [2.05, 4.69) is 25.6 Å². The van der Waals surface area contributed by atoms with Gasteiger partial charge >= 0.3 is 0 Å². The molecule has 0 saturated carbocycles. The van der Waals surface area contributed by atoms with Crippen LogP contribution in [-0.4, -0.2) is 58.5 Å². The predicted octanol–water partition coefficient (Wildman–Crippen LogP) is 1.98. The highest BCUT2D eigenvalue weighted by Gasteiger charge is 2.18. The first-order valence-electron chi connectivity index (χ1n) is 9.88. The van der Waals surface area contributed by atoms with Crippen molar-refractivity contribution in [3.63, 3.8) is 0 Å². The molecular weight excluding hydrogens is 416 g/mol. The molecule has 2 aliphatic heterocycles. The van der Waals surface area contributed by atoms with Crippen molar-refractivity contribution >= 4 is 46.6 Å². The van der Waals surface area contributed by atoms with Crippen LogP contribution in [0.4, 0.5) is 11.6 Å². The molecule has 4 heterocycles. The molecule has 31 heavy (non-hydrogen) atoms. The van der Waals surface area contributed by atoms with Gasteiger partial charge in [-0.1, -0.05) is 12.1 Å².